The molecule has 0 spiro atoms. The van der Waals surface area contributed by atoms with Gasteiger partial charge in [0.15, 0.2) is 0 Å². The van der Waals surface area contributed by atoms with E-state index in [1.807, 2.05) is 6.92 Å². The van der Waals surface area contributed by atoms with Crippen molar-refractivity contribution in [3.05, 3.63) is 0 Å². The standard InChI is InChI=1S/C8H15NO3/c1-6-4-9(8(11)12)3-2-7(6)5-10/h6-7,10H,2-5H2,1H3,(H,11,12)/t6-,7-/m0/s1. The smallest absolute Gasteiger partial charge is 0.407 e. The van der Waals surface area contributed by atoms with Gasteiger partial charge in [-0.25, -0.2) is 4.79 Å². The fraction of sp³-hybridized carbons (Fsp3) is 0.875. The number of hydrogen-bond acceptors (Lipinski definition) is 2. The highest BCUT2D eigenvalue weighted by molar-refractivity contribution is 5.65. The molecule has 0 saturated carbocycles. The van der Waals surface area contributed by atoms with Crippen molar-refractivity contribution in [1.82, 2.24) is 4.90 Å². The molecule has 0 aromatic heterocycles. The summed E-state index contributed by atoms with van der Waals surface area (Å²) in [4.78, 5) is 12.0. The predicted molar refractivity (Wildman–Crippen MR) is 44.0 cm³/mol. The average Bonchev–Trinajstić information content (AvgIpc) is 2.04. The van der Waals surface area contributed by atoms with Crippen LogP contribution in [-0.4, -0.2) is 40.9 Å². The lowest BCUT2D eigenvalue weighted by atomic mass is 9.88. The topological polar surface area (TPSA) is 60.8 Å². The molecule has 1 aliphatic rings. The molecule has 0 radical (unpaired) electrons. The van der Waals surface area contributed by atoms with Crippen LogP contribution < -0.4 is 0 Å². The Morgan fingerprint density at radius 2 is 2.33 bits per heavy atom. The van der Waals surface area contributed by atoms with E-state index in [1.54, 1.807) is 0 Å². The predicted octanol–water partition coefficient (Wildman–Crippen LogP) is 0.615. The maximum absolute atomic E-state index is 10.6. The van der Waals surface area contributed by atoms with Crippen LogP contribution in [-0.2, 0) is 0 Å². The number of piperidine rings is 1. The maximum atomic E-state index is 10.6. The van der Waals surface area contributed by atoms with E-state index in [0.29, 0.717) is 13.1 Å². The van der Waals surface area contributed by atoms with Gasteiger partial charge in [0.05, 0.1) is 0 Å². The summed E-state index contributed by atoms with van der Waals surface area (Å²) in [6, 6.07) is 0. The minimum Gasteiger partial charge on any atom is -0.465 e. The highest BCUT2D eigenvalue weighted by Crippen LogP contribution is 2.22. The molecular formula is C8H15NO3. The summed E-state index contributed by atoms with van der Waals surface area (Å²) in [5, 5.41) is 17.6. The first-order valence-corrected chi connectivity index (χ1v) is 4.24. The highest BCUT2D eigenvalue weighted by Gasteiger charge is 2.27. The molecule has 70 valence electrons. The van der Waals surface area contributed by atoms with Gasteiger partial charge < -0.3 is 15.1 Å². The molecule has 1 fully saturated rings. The molecule has 0 aromatic rings. The van der Waals surface area contributed by atoms with Gasteiger partial charge in [-0.15, -0.1) is 0 Å². The van der Waals surface area contributed by atoms with Gasteiger partial charge in [0.2, 0.25) is 0 Å². The Morgan fingerprint density at radius 1 is 1.67 bits per heavy atom. The average molecular weight is 173 g/mol. The van der Waals surface area contributed by atoms with Crippen LogP contribution in [0.4, 0.5) is 4.79 Å². The van der Waals surface area contributed by atoms with Gasteiger partial charge in [0.25, 0.3) is 0 Å². The Bertz CT molecular complexity index is 172. The van der Waals surface area contributed by atoms with E-state index < -0.39 is 6.09 Å². The lowest BCUT2D eigenvalue weighted by Gasteiger charge is -2.34. The van der Waals surface area contributed by atoms with Gasteiger partial charge >= 0.3 is 6.09 Å². The van der Waals surface area contributed by atoms with E-state index in [9.17, 15) is 4.79 Å². The van der Waals surface area contributed by atoms with Crippen LogP contribution in [0, 0.1) is 11.8 Å². The third kappa shape index (κ3) is 1.88. The molecule has 0 aliphatic carbocycles. The van der Waals surface area contributed by atoms with Crippen molar-refractivity contribution < 1.29 is 15.0 Å². The summed E-state index contributed by atoms with van der Waals surface area (Å²) in [6.45, 7) is 3.27. The number of carbonyl (C=O) groups is 1. The third-order valence-corrected chi connectivity index (χ3v) is 2.59. The van der Waals surface area contributed by atoms with Crippen LogP contribution in [0.2, 0.25) is 0 Å². The van der Waals surface area contributed by atoms with E-state index in [4.69, 9.17) is 10.2 Å². The molecule has 1 amide bonds. The fourth-order valence-electron chi connectivity index (χ4n) is 1.64. The number of amides is 1. The van der Waals surface area contributed by atoms with E-state index in [-0.39, 0.29) is 18.4 Å². The van der Waals surface area contributed by atoms with Crippen LogP contribution in [0.25, 0.3) is 0 Å². The van der Waals surface area contributed by atoms with Crippen molar-refractivity contribution in [2.75, 3.05) is 19.7 Å². The molecule has 4 nitrogen and oxygen atoms in total. The van der Waals surface area contributed by atoms with Crippen LogP contribution in [0.1, 0.15) is 13.3 Å². The summed E-state index contributed by atoms with van der Waals surface area (Å²) in [6.07, 6.45) is -0.0671. The second-order valence-electron chi connectivity index (χ2n) is 3.44. The second-order valence-corrected chi connectivity index (χ2v) is 3.44. The molecule has 0 unspecified atom stereocenters. The minimum atomic E-state index is -0.849. The molecule has 0 aromatic carbocycles. The molecule has 1 saturated heterocycles. The van der Waals surface area contributed by atoms with Crippen LogP contribution in [0.3, 0.4) is 0 Å². The lowest BCUT2D eigenvalue weighted by molar-refractivity contribution is 0.0765. The second kappa shape index (κ2) is 3.76. The minimum absolute atomic E-state index is 0.175. The van der Waals surface area contributed by atoms with Crippen molar-refractivity contribution in [3.63, 3.8) is 0 Å². The summed E-state index contributed by atoms with van der Waals surface area (Å²) < 4.78 is 0. The lowest BCUT2D eigenvalue weighted by Crippen LogP contribution is -2.43. The Morgan fingerprint density at radius 3 is 2.75 bits per heavy atom. The number of aliphatic hydroxyl groups is 1. The zero-order valence-electron chi connectivity index (χ0n) is 7.23. The van der Waals surface area contributed by atoms with Crippen molar-refractivity contribution in [2.45, 2.75) is 13.3 Å². The van der Waals surface area contributed by atoms with E-state index in [0.717, 1.165) is 6.42 Å². The Balaban J connectivity index is 2.46. The van der Waals surface area contributed by atoms with Gasteiger partial charge in [0.1, 0.15) is 0 Å². The van der Waals surface area contributed by atoms with E-state index >= 15 is 0 Å². The number of aliphatic hydroxyl groups excluding tert-OH is 1. The third-order valence-electron chi connectivity index (χ3n) is 2.59. The summed E-state index contributed by atoms with van der Waals surface area (Å²) in [7, 11) is 0. The summed E-state index contributed by atoms with van der Waals surface area (Å²) >= 11 is 0. The monoisotopic (exact) mass is 173 g/mol. The zero-order chi connectivity index (χ0) is 9.14. The van der Waals surface area contributed by atoms with E-state index in [2.05, 4.69) is 0 Å². The molecule has 1 aliphatic heterocycles. The fourth-order valence-corrected chi connectivity index (χ4v) is 1.64. The molecule has 2 atom stereocenters. The first-order chi connectivity index (χ1) is 5.65. The number of likely N-dealkylation sites (tertiary alicyclic amines) is 1. The number of carboxylic acid groups (broad SMARTS) is 1. The number of hydrogen-bond donors (Lipinski definition) is 2. The van der Waals surface area contributed by atoms with Gasteiger partial charge in [-0.3, -0.25) is 0 Å². The molecule has 12 heavy (non-hydrogen) atoms. The van der Waals surface area contributed by atoms with Gasteiger partial charge in [-0.05, 0) is 18.3 Å². The molecule has 1 heterocycles. The highest BCUT2D eigenvalue weighted by atomic mass is 16.4. The van der Waals surface area contributed by atoms with Crippen LogP contribution in [0.5, 0.6) is 0 Å². The van der Waals surface area contributed by atoms with Crippen molar-refractivity contribution >= 4 is 6.09 Å². The molecular weight excluding hydrogens is 158 g/mol. The van der Waals surface area contributed by atoms with E-state index in [1.165, 1.54) is 4.90 Å². The molecule has 1 rings (SSSR count). The summed E-state index contributed by atoms with van der Waals surface area (Å²) in [5.74, 6) is 0.556. The molecule has 4 heteroatoms. The number of nitrogens with zero attached hydrogens (tertiary/aromatic N) is 1. The maximum Gasteiger partial charge on any atom is 0.407 e. The molecule has 2 N–H and O–H groups in total. The van der Waals surface area contributed by atoms with Gasteiger partial charge in [-0.2, -0.15) is 0 Å². The zero-order valence-corrected chi connectivity index (χ0v) is 7.23. The summed E-state index contributed by atoms with van der Waals surface area (Å²) in [5.41, 5.74) is 0. The quantitative estimate of drug-likeness (QED) is 0.611. The normalized spacial score (nSPS) is 30.3. The first kappa shape index (κ1) is 9.32. The SMILES string of the molecule is C[C@H]1CN(C(=O)O)CC[C@H]1CO. The van der Waals surface area contributed by atoms with Crippen LogP contribution >= 0.6 is 0 Å². The number of rotatable bonds is 1. The van der Waals surface area contributed by atoms with Gasteiger partial charge in [0, 0.05) is 19.7 Å². The van der Waals surface area contributed by atoms with Crippen molar-refractivity contribution in [1.29, 1.82) is 0 Å². The van der Waals surface area contributed by atoms with Crippen LogP contribution in [0.15, 0.2) is 0 Å². The van der Waals surface area contributed by atoms with Gasteiger partial charge in [-0.1, -0.05) is 6.92 Å². The Kier molecular flexibility index (Phi) is 2.92. The largest absolute Gasteiger partial charge is 0.465 e. The molecule has 0 bridgehead atoms. The Hall–Kier alpha value is -0.770. The first-order valence-electron chi connectivity index (χ1n) is 4.24. The van der Waals surface area contributed by atoms with Crippen molar-refractivity contribution in [3.8, 4) is 0 Å². The Labute approximate surface area is 71.8 Å². The van der Waals surface area contributed by atoms with Crippen molar-refractivity contribution in [2.24, 2.45) is 11.8 Å².